The van der Waals surface area contributed by atoms with Gasteiger partial charge < -0.3 is 0 Å². The summed E-state index contributed by atoms with van der Waals surface area (Å²) in [5.41, 5.74) is 13.8. The summed E-state index contributed by atoms with van der Waals surface area (Å²) in [5, 5.41) is 3.26. The van der Waals surface area contributed by atoms with E-state index in [1.165, 1.54) is 0 Å². The van der Waals surface area contributed by atoms with Gasteiger partial charge >= 0.3 is 0 Å². The van der Waals surface area contributed by atoms with Gasteiger partial charge in [-0.1, -0.05) is 109 Å². The Morgan fingerprint density at radius 1 is 0.380 bits per heavy atom. The third-order valence-corrected chi connectivity index (χ3v) is 9.24. The van der Waals surface area contributed by atoms with E-state index in [4.69, 9.17) is 24.9 Å². The van der Waals surface area contributed by atoms with E-state index in [0.29, 0.717) is 5.82 Å². The molecule has 0 amide bonds. The first kappa shape index (κ1) is 29.5. The Kier molecular flexibility index (Phi) is 7.17. The van der Waals surface area contributed by atoms with Gasteiger partial charge in [-0.15, -0.1) is 0 Å². The molecule has 5 heteroatoms. The summed E-state index contributed by atoms with van der Waals surface area (Å²) in [5.74, 6) is 0.665. The number of aryl methyl sites for hydroxylation is 2. The van der Waals surface area contributed by atoms with Gasteiger partial charge in [-0.05, 0) is 66.9 Å². The summed E-state index contributed by atoms with van der Waals surface area (Å²) >= 11 is 0. The molecule has 0 saturated carbocycles. The first-order valence-corrected chi connectivity index (χ1v) is 16.7. The van der Waals surface area contributed by atoms with Crippen LogP contribution in [0.3, 0.4) is 0 Å². The molecule has 5 nitrogen and oxygen atoms in total. The lowest BCUT2D eigenvalue weighted by Gasteiger charge is -2.13. The average molecular weight is 642 g/mol. The summed E-state index contributed by atoms with van der Waals surface area (Å²) in [6.07, 6.45) is 1.85. The van der Waals surface area contributed by atoms with Crippen LogP contribution in [0, 0.1) is 13.8 Å². The topological polar surface area (TPSA) is 64.5 Å². The number of benzene rings is 5. The maximum atomic E-state index is 5.21. The summed E-state index contributed by atoms with van der Waals surface area (Å²) in [4.78, 5) is 24.9. The van der Waals surface area contributed by atoms with Crippen molar-refractivity contribution < 1.29 is 0 Å². The van der Waals surface area contributed by atoms with Crippen LogP contribution in [0.2, 0.25) is 0 Å². The highest BCUT2D eigenvalue weighted by Crippen LogP contribution is 2.36. The number of hydrogen-bond donors (Lipinski definition) is 0. The molecule has 0 N–H and O–H groups in total. The largest absolute Gasteiger partial charge is 0.256 e. The molecule has 0 fully saturated rings. The van der Waals surface area contributed by atoms with Crippen LogP contribution >= 0.6 is 0 Å². The third kappa shape index (κ3) is 5.35. The molecule has 0 saturated heterocycles. The zero-order valence-electron chi connectivity index (χ0n) is 27.7. The molecule has 4 heterocycles. The van der Waals surface area contributed by atoms with E-state index in [9.17, 15) is 0 Å². The fourth-order valence-corrected chi connectivity index (χ4v) is 6.83. The molecule has 4 aromatic heterocycles. The number of nitrogens with zero attached hydrogens (tertiary/aromatic N) is 5. The number of para-hydroxylation sites is 1. The minimum atomic E-state index is 0.665. The van der Waals surface area contributed by atoms with E-state index < -0.39 is 0 Å². The fraction of sp³-hybridized carbons (Fsp3) is 0.0444. The summed E-state index contributed by atoms with van der Waals surface area (Å²) in [6.45, 7) is 4.07. The third-order valence-electron chi connectivity index (χ3n) is 9.24. The smallest absolute Gasteiger partial charge is 0.160 e. The van der Waals surface area contributed by atoms with Gasteiger partial charge in [0.1, 0.15) is 0 Å². The lowest BCUT2D eigenvalue weighted by molar-refractivity contribution is 1.18. The number of fused-ring (bicyclic) bond motifs is 4. The van der Waals surface area contributed by atoms with Gasteiger partial charge in [0.2, 0.25) is 0 Å². The Bertz CT molecular complexity index is 2730. The van der Waals surface area contributed by atoms with Crippen molar-refractivity contribution in [2.45, 2.75) is 13.8 Å². The van der Waals surface area contributed by atoms with E-state index in [0.717, 1.165) is 94.4 Å². The minimum absolute atomic E-state index is 0.665. The number of hydrogen-bond acceptors (Lipinski definition) is 5. The fourth-order valence-electron chi connectivity index (χ4n) is 6.83. The van der Waals surface area contributed by atoms with Crippen LogP contribution in [0.5, 0.6) is 0 Å². The van der Waals surface area contributed by atoms with Crippen molar-refractivity contribution in [2.24, 2.45) is 0 Å². The molecule has 0 spiro atoms. The molecule has 0 aliphatic heterocycles. The highest BCUT2D eigenvalue weighted by Gasteiger charge is 2.15. The maximum Gasteiger partial charge on any atom is 0.160 e. The molecule has 9 rings (SSSR count). The predicted molar refractivity (Wildman–Crippen MR) is 205 cm³/mol. The minimum Gasteiger partial charge on any atom is -0.256 e. The van der Waals surface area contributed by atoms with Gasteiger partial charge in [0.15, 0.2) is 5.82 Å². The lowest BCUT2D eigenvalue weighted by atomic mass is 9.97. The van der Waals surface area contributed by atoms with Gasteiger partial charge in [-0.3, -0.25) is 15.0 Å². The van der Waals surface area contributed by atoms with Crippen LogP contribution in [-0.2, 0) is 0 Å². The molecule has 236 valence electrons. The van der Waals surface area contributed by atoms with Crippen molar-refractivity contribution in [1.29, 1.82) is 0 Å². The van der Waals surface area contributed by atoms with Crippen LogP contribution in [0.1, 0.15) is 11.4 Å². The number of pyridine rings is 3. The Morgan fingerprint density at radius 2 is 1.02 bits per heavy atom. The monoisotopic (exact) mass is 641 g/mol. The van der Waals surface area contributed by atoms with Crippen LogP contribution < -0.4 is 0 Å². The standard InChI is InChI=1S/C45H31N5/c1-28-19-20-32-21-22-38-39(24-29(2)48-44(38)43(32)47-28)34-14-7-16-36(26-34)45-49-40(30-10-4-3-5-11-30)27-41(50-45)35-15-6-13-33(25-35)37-18-8-12-31-17-9-23-46-42(31)37/h3-27H,1-2H3. The molecule has 9 aromatic rings. The van der Waals surface area contributed by atoms with Crippen molar-refractivity contribution in [3.8, 4) is 56.2 Å². The van der Waals surface area contributed by atoms with E-state index >= 15 is 0 Å². The number of aromatic nitrogens is 5. The molecule has 50 heavy (non-hydrogen) atoms. The first-order valence-electron chi connectivity index (χ1n) is 16.7. The second-order valence-electron chi connectivity index (χ2n) is 12.7. The lowest BCUT2D eigenvalue weighted by Crippen LogP contribution is -1.97. The molecular formula is C45H31N5. The normalized spacial score (nSPS) is 11.4. The average Bonchev–Trinajstić information content (AvgIpc) is 3.17. The molecule has 5 aromatic carbocycles. The molecule has 0 atom stereocenters. The second kappa shape index (κ2) is 12.1. The van der Waals surface area contributed by atoms with Crippen LogP contribution in [0.4, 0.5) is 0 Å². The molecule has 0 unspecified atom stereocenters. The highest BCUT2D eigenvalue weighted by molar-refractivity contribution is 6.08. The predicted octanol–water partition coefficient (Wildman–Crippen LogP) is 11.1. The zero-order chi connectivity index (χ0) is 33.6. The molecule has 0 aliphatic carbocycles. The highest BCUT2D eigenvalue weighted by atomic mass is 14.9. The van der Waals surface area contributed by atoms with Crippen molar-refractivity contribution in [3.63, 3.8) is 0 Å². The van der Waals surface area contributed by atoms with Gasteiger partial charge in [0.25, 0.3) is 0 Å². The second-order valence-corrected chi connectivity index (χ2v) is 12.7. The molecular weight excluding hydrogens is 611 g/mol. The SMILES string of the molecule is Cc1ccc2ccc3c(-c4cccc(-c5nc(-c6ccccc6)cc(-c6cccc(-c7cccc8cccnc78)c6)n5)c4)cc(C)nc3c2n1. The molecule has 0 radical (unpaired) electrons. The first-order chi connectivity index (χ1) is 24.6. The van der Waals surface area contributed by atoms with Gasteiger partial charge in [0, 0.05) is 56.0 Å². The van der Waals surface area contributed by atoms with Crippen LogP contribution in [0.25, 0.3) is 88.9 Å². The summed E-state index contributed by atoms with van der Waals surface area (Å²) in [6, 6.07) is 50.4. The molecule has 0 bridgehead atoms. The summed E-state index contributed by atoms with van der Waals surface area (Å²) < 4.78 is 0. The van der Waals surface area contributed by atoms with Gasteiger partial charge in [0.05, 0.1) is 27.9 Å². The van der Waals surface area contributed by atoms with Crippen molar-refractivity contribution in [1.82, 2.24) is 24.9 Å². The van der Waals surface area contributed by atoms with E-state index in [2.05, 4.69) is 115 Å². The van der Waals surface area contributed by atoms with Crippen LogP contribution in [-0.4, -0.2) is 24.9 Å². The maximum absolute atomic E-state index is 5.21. The van der Waals surface area contributed by atoms with Crippen molar-refractivity contribution in [2.75, 3.05) is 0 Å². The van der Waals surface area contributed by atoms with E-state index in [1.54, 1.807) is 0 Å². The van der Waals surface area contributed by atoms with Crippen LogP contribution in [0.15, 0.2) is 152 Å². The Balaban J connectivity index is 1.20. The Morgan fingerprint density at radius 3 is 1.88 bits per heavy atom. The van der Waals surface area contributed by atoms with Gasteiger partial charge in [-0.2, -0.15) is 0 Å². The zero-order valence-corrected chi connectivity index (χ0v) is 27.7. The van der Waals surface area contributed by atoms with Crippen molar-refractivity contribution in [3.05, 3.63) is 163 Å². The van der Waals surface area contributed by atoms with Crippen molar-refractivity contribution >= 4 is 32.7 Å². The number of rotatable bonds is 5. The Labute approximate surface area is 290 Å². The van der Waals surface area contributed by atoms with E-state index in [-0.39, 0.29) is 0 Å². The molecule has 0 aliphatic rings. The quantitative estimate of drug-likeness (QED) is 0.175. The van der Waals surface area contributed by atoms with Gasteiger partial charge in [-0.25, -0.2) is 9.97 Å². The van der Waals surface area contributed by atoms with E-state index in [1.807, 2.05) is 50.4 Å². The Hall–Kier alpha value is -6.59. The summed E-state index contributed by atoms with van der Waals surface area (Å²) in [7, 11) is 0.